The molecule has 0 fully saturated rings. The van der Waals surface area contributed by atoms with Crippen LogP contribution in [0.5, 0.6) is 0 Å². The van der Waals surface area contributed by atoms with Gasteiger partial charge in [0.15, 0.2) is 0 Å². The Hall–Kier alpha value is -2.43. The first-order valence-electron chi connectivity index (χ1n) is 5.06. The number of hydrazone groups is 1. The molecule has 5 nitrogen and oxygen atoms in total. The molecule has 1 N–H and O–H groups in total. The lowest BCUT2D eigenvalue weighted by molar-refractivity contribution is 0.0954. The number of aromatic nitrogens is 1. The Bertz CT molecular complexity index is 518. The van der Waals surface area contributed by atoms with Crippen molar-refractivity contribution >= 4 is 11.6 Å². The molecule has 86 valence electrons. The lowest BCUT2D eigenvalue weighted by atomic mass is 10.3. The lowest BCUT2D eigenvalue weighted by Crippen LogP contribution is -2.19. The van der Waals surface area contributed by atoms with Crippen LogP contribution in [0.2, 0.25) is 0 Å². The van der Waals surface area contributed by atoms with Crippen LogP contribution < -0.4 is 5.43 Å². The number of pyridine rings is 1. The highest BCUT2D eigenvalue weighted by molar-refractivity contribution is 5.99. The first-order chi connectivity index (χ1) is 8.27. The van der Waals surface area contributed by atoms with Crippen molar-refractivity contribution in [2.75, 3.05) is 0 Å². The van der Waals surface area contributed by atoms with Crippen molar-refractivity contribution in [2.45, 2.75) is 6.92 Å². The summed E-state index contributed by atoms with van der Waals surface area (Å²) in [4.78, 5) is 15.5. The van der Waals surface area contributed by atoms with Crippen molar-refractivity contribution in [3.63, 3.8) is 0 Å². The summed E-state index contributed by atoms with van der Waals surface area (Å²) in [6.45, 7) is 1.75. The fourth-order valence-corrected chi connectivity index (χ4v) is 1.24. The zero-order chi connectivity index (χ0) is 12.1. The molecule has 0 atom stereocenters. The van der Waals surface area contributed by atoms with E-state index in [1.54, 1.807) is 43.6 Å². The van der Waals surface area contributed by atoms with Crippen LogP contribution in [-0.4, -0.2) is 16.6 Å². The zero-order valence-electron chi connectivity index (χ0n) is 9.25. The van der Waals surface area contributed by atoms with E-state index in [-0.39, 0.29) is 5.91 Å². The monoisotopic (exact) mass is 229 g/mol. The van der Waals surface area contributed by atoms with Crippen LogP contribution in [0.4, 0.5) is 0 Å². The summed E-state index contributed by atoms with van der Waals surface area (Å²) in [6.07, 6.45) is 4.64. The smallest absolute Gasteiger partial charge is 0.272 e. The molecule has 0 aromatic carbocycles. The van der Waals surface area contributed by atoms with E-state index >= 15 is 0 Å². The molecule has 0 aliphatic carbocycles. The number of hydrogen-bond donors (Lipinski definition) is 1. The quantitative estimate of drug-likeness (QED) is 0.644. The summed E-state index contributed by atoms with van der Waals surface area (Å²) in [5, 5.41) is 3.94. The Kier molecular flexibility index (Phi) is 3.30. The van der Waals surface area contributed by atoms with Gasteiger partial charge in [0.05, 0.1) is 11.8 Å². The van der Waals surface area contributed by atoms with E-state index in [1.807, 2.05) is 0 Å². The summed E-state index contributed by atoms with van der Waals surface area (Å²) >= 11 is 0. The normalized spacial score (nSPS) is 11.2. The number of nitrogens with one attached hydrogen (secondary N) is 1. The van der Waals surface area contributed by atoms with Crippen LogP contribution in [0.15, 0.2) is 52.4 Å². The number of furan rings is 1. The molecule has 17 heavy (non-hydrogen) atoms. The van der Waals surface area contributed by atoms with E-state index in [9.17, 15) is 4.79 Å². The van der Waals surface area contributed by atoms with Crippen LogP contribution in [-0.2, 0) is 0 Å². The van der Waals surface area contributed by atoms with Gasteiger partial charge in [-0.1, -0.05) is 0 Å². The Balaban J connectivity index is 2.04. The maximum atomic E-state index is 11.6. The predicted molar refractivity (Wildman–Crippen MR) is 62.6 cm³/mol. The SMILES string of the molecule is C/C(=N\NC(=O)c1cccnc1)c1ccco1. The maximum absolute atomic E-state index is 11.6. The fraction of sp³-hybridized carbons (Fsp3) is 0.0833. The Morgan fingerprint density at radius 3 is 2.94 bits per heavy atom. The minimum atomic E-state index is -0.302. The van der Waals surface area contributed by atoms with E-state index in [2.05, 4.69) is 15.5 Å². The number of hydrogen-bond acceptors (Lipinski definition) is 4. The Morgan fingerprint density at radius 1 is 1.41 bits per heavy atom. The number of carbonyl (C=O) groups excluding carboxylic acids is 1. The van der Waals surface area contributed by atoms with Crippen molar-refractivity contribution in [3.8, 4) is 0 Å². The largest absolute Gasteiger partial charge is 0.463 e. The second-order valence-corrected chi connectivity index (χ2v) is 3.36. The van der Waals surface area contributed by atoms with E-state index in [1.165, 1.54) is 6.20 Å². The first-order valence-corrected chi connectivity index (χ1v) is 5.06. The molecule has 2 rings (SSSR count). The van der Waals surface area contributed by atoms with E-state index in [0.717, 1.165) is 0 Å². The molecule has 0 aliphatic rings. The molecule has 1 amide bonds. The summed E-state index contributed by atoms with van der Waals surface area (Å²) in [6, 6.07) is 6.89. The second kappa shape index (κ2) is 5.07. The topological polar surface area (TPSA) is 67.5 Å². The van der Waals surface area contributed by atoms with Crippen LogP contribution in [0, 0.1) is 0 Å². The van der Waals surface area contributed by atoms with Gasteiger partial charge in [0.25, 0.3) is 5.91 Å². The molecular formula is C12H11N3O2. The lowest BCUT2D eigenvalue weighted by Gasteiger charge is -2.00. The summed E-state index contributed by atoms with van der Waals surface area (Å²) in [5.74, 6) is 0.320. The van der Waals surface area contributed by atoms with Gasteiger partial charge in [0.2, 0.25) is 0 Å². The highest BCUT2D eigenvalue weighted by atomic mass is 16.3. The van der Waals surface area contributed by atoms with Gasteiger partial charge in [-0.25, -0.2) is 5.43 Å². The third-order valence-electron chi connectivity index (χ3n) is 2.13. The van der Waals surface area contributed by atoms with Gasteiger partial charge in [0.1, 0.15) is 11.5 Å². The summed E-state index contributed by atoms with van der Waals surface area (Å²) < 4.78 is 5.14. The minimum Gasteiger partial charge on any atom is -0.463 e. The molecule has 0 bridgehead atoms. The van der Waals surface area contributed by atoms with Crippen LogP contribution in [0.3, 0.4) is 0 Å². The second-order valence-electron chi connectivity index (χ2n) is 3.36. The molecular weight excluding hydrogens is 218 g/mol. The van der Waals surface area contributed by atoms with Crippen molar-refractivity contribution in [1.29, 1.82) is 0 Å². The molecule has 0 radical (unpaired) electrons. The third kappa shape index (κ3) is 2.78. The summed E-state index contributed by atoms with van der Waals surface area (Å²) in [7, 11) is 0. The van der Waals surface area contributed by atoms with Gasteiger partial charge in [-0.05, 0) is 31.2 Å². The first kappa shape index (κ1) is 11.1. The minimum absolute atomic E-state index is 0.302. The maximum Gasteiger partial charge on any atom is 0.272 e. The fourth-order valence-electron chi connectivity index (χ4n) is 1.24. The van der Waals surface area contributed by atoms with Crippen molar-refractivity contribution in [3.05, 3.63) is 54.2 Å². The van der Waals surface area contributed by atoms with E-state index < -0.39 is 0 Å². The standard InChI is InChI=1S/C12H11N3O2/c1-9(11-5-3-7-17-11)14-15-12(16)10-4-2-6-13-8-10/h2-8H,1H3,(H,15,16)/b14-9+. The highest BCUT2D eigenvalue weighted by Gasteiger charge is 2.05. The average molecular weight is 229 g/mol. The Morgan fingerprint density at radius 2 is 2.29 bits per heavy atom. The average Bonchev–Trinajstić information content (AvgIpc) is 2.90. The third-order valence-corrected chi connectivity index (χ3v) is 2.13. The van der Waals surface area contributed by atoms with Crippen LogP contribution >= 0.6 is 0 Å². The number of amides is 1. The predicted octanol–water partition coefficient (Wildman–Crippen LogP) is 1.83. The molecule has 2 aromatic rings. The molecule has 2 heterocycles. The number of nitrogens with zero attached hydrogens (tertiary/aromatic N) is 2. The number of rotatable bonds is 3. The number of carbonyl (C=O) groups is 1. The molecule has 0 aliphatic heterocycles. The zero-order valence-corrected chi connectivity index (χ0v) is 9.25. The highest BCUT2D eigenvalue weighted by Crippen LogP contribution is 2.01. The molecule has 0 unspecified atom stereocenters. The van der Waals surface area contributed by atoms with E-state index in [0.29, 0.717) is 17.0 Å². The van der Waals surface area contributed by atoms with Gasteiger partial charge in [0, 0.05) is 12.4 Å². The van der Waals surface area contributed by atoms with Gasteiger partial charge >= 0.3 is 0 Å². The van der Waals surface area contributed by atoms with Gasteiger partial charge in [-0.2, -0.15) is 5.10 Å². The molecule has 0 saturated carbocycles. The summed E-state index contributed by atoms with van der Waals surface area (Å²) in [5.41, 5.74) is 3.50. The van der Waals surface area contributed by atoms with Gasteiger partial charge in [-0.3, -0.25) is 9.78 Å². The Labute approximate surface area is 98.2 Å². The van der Waals surface area contributed by atoms with E-state index in [4.69, 9.17) is 4.42 Å². The van der Waals surface area contributed by atoms with Gasteiger partial charge < -0.3 is 4.42 Å². The van der Waals surface area contributed by atoms with Crippen molar-refractivity contribution < 1.29 is 9.21 Å². The van der Waals surface area contributed by atoms with Gasteiger partial charge in [-0.15, -0.1) is 0 Å². The molecule has 2 aromatic heterocycles. The van der Waals surface area contributed by atoms with Crippen LogP contribution in [0.25, 0.3) is 0 Å². The van der Waals surface area contributed by atoms with Crippen molar-refractivity contribution in [2.24, 2.45) is 5.10 Å². The molecule has 0 spiro atoms. The van der Waals surface area contributed by atoms with Crippen LogP contribution in [0.1, 0.15) is 23.0 Å². The molecule has 0 saturated heterocycles. The molecule has 5 heteroatoms. The van der Waals surface area contributed by atoms with Crippen molar-refractivity contribution in [1.82, 2.24) is 10.4 Å².